The molecular formula is C15H17NOS. The largest absolute Gasteiger partial charge is 0.508 e. The van der Waals surface area contributed by atoms with Crippen LogP contribution in [0.15, 0.2) is 29.6 Å². The fourth-order valence-electron chi connectivity index (χ4n) is 2.81. The zero-order valence-electron chi connectivity index (χ0n) is 10.9. The summed E-state index contributed by atoms with van der Waals surface area (Å²) in [5.41, 5.74) is 3.76. The molecule has 0 amide bonds. The Balaban J connectivity index is 2.33. The molecule has 0 radical (unpaired) electrons. The quantitative estimate of drug-likeness (QED) is 0.830. The molecule has 1 N–H and O–H groups in total. The molecule has 1 aliphatic heterocycles. The number of phenols is 1. The van der Waals surface area contributed by atoms with Crippen LogP contribution in [0.5, 0.6) is 5.75 Å². The Morgan fingerprint density at radius 1 is 1.33 bits per heavy atom. The topological polar surface area (TPSA) is 23.5 Å². The van der Waals surface area contributed by atoms with Crippen molar-refractivity contribution >= 4 is 17.0 Å². The van der Waals surface area contributed by atoms with Crippen molar-refractivity contribution in [2.24, 2.45) is 0 Å². The number of benzene rings is 1. The summed E-state index contributed by atoms with van der Waals surface area (Å²) in [6.07, 6.45) is 1.04. The van der Waals surface area contributed by atoms with Crippen molar-refractivity contribution in [3.8, 4) is 16.2 Å². The van der Waals surface area contributed by atoms with E-state index in [-0.39, 0.29) is 5.54 Å². The Bertz CT molecular complexity index is 604. The van der Waals surface area contributed by atoms with Crippen LogP contribution in [0.1, 0.15) is 25.8 Å². The van der Waals surface area contributed by atoms with E-state index in [2.05, 4.69) is 37.2 Å². The van der Waals surface area contributed by atoms with Gasteiger partial charge in [0.15, 0.2) is 0 Å². The normalized spacial score (nSPS) is 21.6. The van der Waals surface area contributed by atoms with E-state index in [4.69, 9.17) is 0 Å². The number of rotatable bonds is 1. The fraction of sp³-hybridized carbons (Fsp3) is 0.333. The van der Waals surface area contributed by atoms with Gasteiger partial charge in [0.2, 0.25) is 0 Å². The van der Waals surface area contributed by atoms with Gasteiger partial charge in [-0.05, 0) is 42.5 Å². The number of hydrogen-bond acceptors (Lipinski definition) is 3. The molecule has 2 nitrogen and oxygen atoms in total. The third kappa shape index (κ3) is 1.34. The lowest BCUT2D eigenvalue weighted by atomic mass is 9.82. The number of anilines is 1. The van der Waals surface area contributed by atoms with Gasteiger partial charge in [-0.15, -0.1) is 11.3 Å². The van der Waals surface area contributed by atoms with Crippen LogP contribution in [0.25, 0.3) is 10.4 Å². The molecule has 0 saturated heterocycles. The van der Waals surface area contributed by atoms with Crippen LogP contribution in [0.3, 0.4) is 0 Å². The summed E-state index contributed by atoms with van der Waals surface area (Å²) < 4.78 is 0. The Hall–Kier alpha value is -1.48. The molecule has 0 saturated carbocycles. The highest BCUT2D eigenvalue weighted by Gasteiger charge is 2.38. The predicted molar refractivity (Wildman–Crippen MR) is 77.5 cm³/mol. The van der Waals surface area contributed by atoms with Crippen molar-refractivity contribution in [1.29, 1.82) is 0 Å². The smallest absolute Gasteiger partial charge is 0.117 e. The monoisotopic (exact) mass is 259 g/mol. The number of hydrogen-bond donors (Lipinski definition) is 1. The predicted octanol–water partition coefficient (Wildman–Crippen LogP) is 4.20. The molecule has 0 fully saturated rings. The first-order valence-corrected chi connectivity index (χ1v) is 7.11. The third-order valence-electron chi connectivity index (χ3n) is 4.26. The summed E-state index contributed by atoms with van der Waals surface area (Å²) in [7, 11) is 2.11. The molecule has 2 heterocycles. The molecule has 1 aromatic carbocycles. The zero-order valence-corrected chi connectivity index (χ0v) is 11.7. The van der Waals surface area contributed by atoms with Gasteiger partial charge < -0.3 is 10.0 Å². The summed E-state index contributed by atoms with van der Waals surface area (Å²) in [5, 5.41) is 11.9. The first-order chi connectivity index (χ1) is 8.58. The van der Waals surface area contributed by atoms with E-state index < -0.39 is 0 Å². The van der Waals surface area contributed by atoms with Gasteiger partial charge in [0, 0.05) is 29.2 Å². The summed E-state index contributed by atoms with van der Waals surface area (Å²) in [5.74, 6) is 0.332. The molecule has 1 unspecified atom stereocenters. The van der Waals surface area contributed by atoms with E-state index >= 15 is 0 Å². The summed E-state index contributed by atoms with van der Waals surface area (Å²) in [6.45, 7) is 4.48. The van der Waals surface area contributed by atoms with Crippen molar-refractivity contribution in [2.45, 2.75) is 25.8 Å². The second-order valence-electron chi connectivity index (χ2n) is 5.05. The van der Waals surface area contributed by atoms with Crippen molar-refractivity contribution in [2.75, 3.05) is 11.9 Å². The highest BCUT2D eigenvalue weighted by atomic mass is 32.1. The second-order valence-corrected chi connectivity index (χ2v) is 5.97. The maximum absolute atomic E-state index is 9.72. The average molecular weight is 259 g/mol. The lowest BCUT2D eigenvalue weighted by Crippen LogP contribution is -2.43. The summed E-state index contributed by atoms with van der Waals surface area (Å²) in [6, 6.07) is 7.89. The molecule has 94 valence electrons. The molecule has 1 aliphatic rings. The Morgan fingerprint density at radius 3 is 2.83 bits per heavy atom. The Labute approximate surface area is 112 Å². The van der Waals surface area contributed by atoms with Gasteiger partial charge in [0.1, 0.15) is 5.75 Å². The summed E-state index contributed by atoms with van der Waals surface area (Å²) in [4.78, 5) is 3.63. The van der Waals surface area contributed by atoms with Crippen molar-refractivity contribution < 1.29 is 5.11 Å². The van der Waals surface area contributed by atoms with E-state index in [1.807, 2.05) is 12.1 Å². The van der Waals surface area contributed by atoms with Crippen molar-refractivity contribution in [1.82, 2.24) is 0 Å². The van der Waals surface area contributed by atoms with Crippen LogP contribution >= 0.6 is 11.3 Å². The van der Waals surface area contributed by atoms with Crippen LogP contribution in [0.2, 0.25) is 0 Å². The second kappa shape index (κ2) is 3.75. The lowest BCUT2D eigenvalue weighted by molar-refractivity contribution is 0.442. The minimum absolute atomic E-state index is 0.0100. The SMILES string of the molecule is CCC1(C)c2ccsc2-c2ccc(O)cc2N1C. The van der Waals surface area contributed by atoms with E-state index in [1.165, 1.54) is 16.0 Å². The van der Waals surface area contributed by atoms with Crippen LogP contribution in [0, 0.1) is 0 Å². The standard InChI is InChI=1S/C15H17NOS/c1-4-15(2)12-7-8-18-14(12)11-6-5-10(17)9-13(11)16(15)3/h5-9,17H,4H2,1-3H3. The molecule has 3 heteroatoms. The molecule has 0 bridgehead atoms. The molecule has 1 aromatic heterocycles. The first-order valence-electron chi connectivity index (χ1n) is 6.23. The highest BCUT2D eigenvalue weighted by molar-refractivity contribution is 7.13. The van der Waals surface area contributed by atoms with E-state index in [9.17, 15) is 5.11 Å². The lowest BCUT2D eigenvalue weighted by Gasteiger charge is -2.44. The maximum atomic E-state index is 9.72. The molecule has 1 atom stereocenters. The number of aromatic hydroxyl groups is 1. The van der Waals surface area contributed by atoms with Crippen molar-refractivity contribution in [3.63, 3.8) is 0 Å². The number of fused-ring (bicyclic) bond motifs is 3. The number of phenolic OH excluding ortho intramolecular Hbond substituents is 1. The van der Waals surface area contributed by atoms with E-state index in [1.54, 1.807) is 17.4 Å². The van der Waals surface area contributed by atoms with Gasteiger partial charge in [0.05, 0.1) is 5.54 Å². The van der Waals surface area contributed by atoms with Crippen LogP contribution < -0.4 is 4.90 Å². The van der Waals surface area contributed by atoms with Gasteiger partial charge in [-0.2, -0.15) is 0 Å². The highest BCUT2D eigenvalue weighted by Crippen LogP contribution is 2.51. The van der Waals surface area contributed by atoms with Crippen LogP contribution in [0.4, 0.5) is 5.69 Å². The van der Waals surface area contributed by atoms with Gasteiger partial charge in [-0.1, -0.05) is 6.92 Å². The fourth-order valence-corrected chi connectivity index (χ4v) is 3.86. The molecule has 2 aromatic rings. The Morgan fingerprint density at radius 2 is 2.11 bits per heavy atom. The van der Waals surface area contributed by atoms with E-state index in [0.717, 1.165) is 12.1 Å². The van der Waals surface area contributed by atoms with Gasteiger partial charge >= 0.3 is 0 Å². The molecule has 0 spiro atoms. The number of thiophene rings is 1. The van der Waals surface area contributed by atoms with Gasteiger partial charge in [0.25, 0.3) is 0 Å². The molecular weight excluding hydrogens is 242 g/mol. The van der Waals surface area contributed by atoms with Gasteiger partial charge in [-0.25, -0.2) is 0 Å². The summed E-state index contributed by atoms with van der Waals surface area (Å²) >= 11 is 1.79. The minimum atomic E-state index is 0.0100. The Kier molecular flexibility index (Phi) is 2.42. The minimum Gasteiger partial charge on any atom is -0.508 e. The maximum Gasteiger partial charge on any atom is 0.117 e. The molecule has 18 heavy (non-hydrogen) atoms. The zero-order chi connectivity index (χ0) is 12.9. The third-order valence-corrected chi connectivity index (χ3v) is 5.21. The van der Waals surface area contributed by atoms with E-state index in [0.29, 0.717) is 5.75 Å². The van der Waals surface area contributed by atoms with Crippen molar-refractivity contribution in [3.05, 3.63) is 35.2 Å². The molecule has 0 aliphatic carbocycles. The van der Waals surface area contributed by atoms with Crippen LogP contribution in [-0.4, -0.2) is 12.2 Å². The number of nitrogens with zero attached hydrogens (tertiary/aromatic N) is 1. The average Bonchev–Trinajstić information content (AvgIpc) is 2.85. The molecule has 3 rings (SSSR count). The van der Waals surface area contributed by atoms with Gasteiger partial charge in [-0.3, -0.25) is 0 Å². The van der Waals surface area contributed by atoms with Crippen LogP contribution in [-0.2, 0) is 5.54 Å². The first kappa shape index (κ1) is 11.6.